The molecule has 31 heavy (non-hydrogen) atoms. The molecule has 2 aromatic rings. The Balaban J connectivity index is 1.51. The molecular weight excluding hydrogens is 388 g/mol. The van der Waals surface area contributed by atoms with Crippen LogP contribution in [0.3, 0.4) is 0 Å². The average Bonchev–Trinajstić information content (AvgIpc) is 2.77. The fraction of sp³-hybridized carbons (Fsp3) is 0.440. The number of likely N-dealkylation sites (N-methyl/N-ethyl adjacent to an activating group) is 1. The van der Waals surface area contributed by atoms with Gasteiger partial charge in [-0.3, -0.25) is 19.4 Å². The van der Waals surface area contributed by atoms with Gasteiger partial charge in [-0.2, -0.15) is 0 Å². The Morgan fingerprint density at radius 3 is 2.16 bits per heavy atom. The minimum atomic E-state index is -0.189. The quantitative estimate of drug-likeness (QED) is 0.744. The molecule has 1 saturated heterocycles. The highest BCUT2D eigenvalue weighted by Gasteiger charge is 2.29. The van der Waals surface area contributed by atoms with Gasteiger partial charge in [0.15, 0.2) is 0 Å². The lowest BCUT2D eigenvalue weighted by Gasteiger charge is -2.38. The van der Waals surface area contributed by atoms with Gasteiger partial charge in [-0.15, -0.1) is 0 Å². The van der Waals surface area contributed by atoms with Crippen LogP contribution in [-0.4, -0.2) is 66.9 Å². The van der Waals surface area contributed by atoms with E-state index in [2.05, 4.69) is 15.1 Å². The summed E-state index contributed by atoms with van der Waals surface area (Å²) in [5, 5.41) is 3.06. The van der Waals surface area contributed by atoms with Crippen LogP contribution in [-0.2, 0) is 9.59 Å². The Bertz CT molecular complexity index is 871. The number of anilines is 2. The number of piperazine rings is 1. The van der Waals surface area contributed by atoms with E-state index < -0.39 is 0 Å². The van der Waals surface area contributed by atoms with Crippen LogP contribution < -0.4 is 10.2 Å². The van der Waals surface area contributed by atoms with Gasteiger partial charge < -0.3 is 10.2 Å². The first-order chi connectivity index (χ1) is 14.9. The standard InChI is InChI=1S/C25H34N4O2/c1-5-29(22-12-7-6-8-13-22)25(31)21(4)28-16-14-27(15-17-28)18-23(30)26-24-19(2)10-9-11-20(24)3/h6-13,21H,5,14-18H2,1-4H3,(H,26,30)/t21-/m1/s1. The van der Waals surface area contributed by atoms with E-state index >= 15 is 0 Å². The number of amides is 2. The molecule has 0 unspecified atom stereocenters. The molecule has 6 heteroatoms. The summed E-state index contributed by atoms with van der Waals surface area (Å²) in [7, 11) is 0. The highest BCUT2D eigenvalue weighted by molar-refractivity contribution is 5.97. The number of hydrogen-bond acceptors (Lipinski definition) is 4. The van der Waals surface area contributed by atoms with E-state index in [1.54, 1.807) is 0 Å². The second kappa shape index (κ2) is 10.6. The Labute approximate surface area is 185 Å². The first kappa shape index (κ1) is 23.0. The van der Waals surface area contributed by atoms with Crippen molar-refractivity contribution in [1.82, 2.24) is 9.80 Å². The Morgan fingerprint density at radius 2 is 1.58 bits per heavy atom. The van der Waals surface area contributed by atoms with Crippen LogP contribution in [0.4, 0.5) is 11.4 Å². The first-order valence-electron chi connectivity index (χ1n) is 11.1. The molecule has 2 aromatic carbocycles. The second-order valence-corrected chi connectivity index (χ2v) is 8.22. The number of nitrogens with one attached hydrogen (secondary N) is 1. The number of para-hydroxylation sites is 2. The molecule has 1 fully saturated rings. The molecular formula is C25H34N4O2. The van der Waals surface area contributed by atoms with Gasteiger partial charge in [0.25, 0.3) is 0 Å². The predicted octanol–water partition coefficient (Wildman–Crippen LogP) is 3.30. The van der Waals surface area contributed by atoms with Gasteiger partial charge >= 0.3 is 0 Å². The number of rotatable bonds is 7. The molecule has 0 aromatic heterocycles. The fourth-order valence-electron chi connectivity index (χ4n) is 4.16. The number of carbonyl (C=O) groups is 2. The van der Waals surface area contributed by atoms with E-state index in [-0.39, 0.29) is 17.9 Å². The van der Waals surface area contributed by atoms with Crippen LogP contribution in [0.5, 0.6) is 0 Å². The van der Waals surface area contributed by atoms with Crippen molar-refractivity contribution < 1.29 is 9.59 Å². The third-order valence-electron chi connectivity index (χ3n) is 6.07. The summed E-state index contributed by atoms with van der Waals surface area (Å²) in [6.07, 6.45) is 0. The van der Waals surface area contributed by atoms with Crippen molar-refractivity contribution in [1.29, 1.82) is 0 Å². The van der Waals surface area contributed by atoms with Crippen LogP contribution in [0.15, 0.2) is 48.5 Å². The fourth-order valence-corrected chi connectivity index (χ4v) is 4.16. The molecule has 0 aliphatic carbocycles. The van der Waals surface area contributed by atoms with Crippen molar-refractivity contribution in [2.75, 3.05) is 49.5 Å². The van der Waals surface area contributed by atoms with Crippen LogP contribution in [0.2, 0.25) is 0 Å². The van der Waals surface area contributed by atoms with E-state index in [0.717, 1.165) is 48.7 Å². The minimum absolute atomic E-state index is 0.0104. The van der Waals surface area contributed by atoms with Gasteiger partial charge in [0.1, 0.15) is 0 Å². The molecule has 1 N–H and O–H groups in total. The Morgan fingerprint density at radius 1 is 0.968 bits per heavy atom. The monoisotopic (exact) mass is 422 g/mol. The molecule has 1 atom stereocenters. The lowest BCUT2D eigenvalue weighted by Crippen LogP contribution is -2.55. The van der Waals surface area contributed by atoms with E-state index in [1.807, 2.05) is 81.1 Å². The average molecular weight is 423 g/mol. The molecule has 0 spiro atoms. The molecule has 3 rings (SSSR count). The van der Waals surface area contributed by atoms with E-state index in [9.17, 15) is 9.59 Å². The molecule has 1 aliphatic rings. The number of hydrogen-bond donors (Lipinski definition) is 1. The van der Waals surface area contributed by atoms with E-state index in [4.69, 9.17) is 0 Å². The van der Waals surface area contributed by atoms with E-state index in [0.29, 0.717) is 13.1 Å². The first-order valence-corrected chi connectivity index (χ1v) is 11.1. The van der Waals surface area contributed by atoms with Gasteiger partial charge in [0.05, 0.1) is 12.6 Å². The maximum Gasteiger partial charge on any atom is 0.244 e. The van der Waals surface area contributed by atoms with Crippen molar-refractivity contribution in [2.24, 2.45) is 0 Å². The lowest BCUT2D eigenvalue weighted by atomic mass is 10.1. The van der Waals surface area contributed by atoms with Crippen LogP contribution in [0.1, 0.15) is 25.0 Å². The molecule has 1 heterocycles. The van der Waals surface area contributed by atoms with Gasteiger partial charge in [-0.25, -0.2) is 0 Å². The maximum absolute atomic E-state index is 13.1. The molecule has 166 valence electrons. The zero-order valence-corrected chi connectivity index (χ0v) is 19.1. The lowest BCUT2D eigenvalue weighted by molar-refractivity contribution is -0.124. The van der Waals surface area contributed by atoms with Crippen molar-refractivity contribution in [3.63, 3.8) is 0 Å². The third-order valence-corrected chi connectivity index (χ3v) is 6.07. The summed E-state index contributed by atoms with van der Waals surface area (Å²) in [6.45, 7) is 12.1. The number of benzene rings is 2. The minimum Gasteiger partial charge on any atom is -0.324 e. The SMILES string of the molecule is CCN(C(=O)[C@@H](C)N1CCN(CC(=O)Nc2c(C)cccc2C)CC1)c1ccccc1. The van der Waals surface area contributed by atoms with Gasteiger partial charge in [0.2, 0.25) is 11.8 Å². The predicted molar refractivity (Wildman–Crippen MR) is 126 cm³/mol. The summed E-state index contributed by atoms with van der Waals surface area (Å²) in [4.78, 5) is 31.9. The van der Waals surface area contributed by atoms with Gasteiger partial charge in [0, 0.05) is 44.1 Å². The summed E-state index contributed by atoms with van der Waals surface area (Å²) in [6, 6.07) is 15.6. The molecule has 0 bridgehead atoms. The van der Waals surface area contributed by atoms with Gasteiger partial charge in [-0.05, 0) is 51.0 Å². The zero-order chi connectivity index (χ0) is 22.4. The summed E-state index contributed by atoms with van der Waals surface area (Å²) >= 11 is 0. The smallest absolute Gasteiger partial charge is 0.244 e. The summed E-state index contributed by atoms with van der Waals surface area (Å²) in [5.74, 6) is 0.131. The largest absolute Gasteiger partial charge is 0.324 e. The van der Waals surface area contributed by atoms with Crippen molar-refractivity contribution >= 4 is 23.2 Å². The molecule has 1 aliphatic heterocycles. The normalized spacial score (nSPS) is 16.0. The number of carbonyl (C=O) groups excluding carboxylic acids is 2. The van der Waals surface area contributed by atoms with Crippen LogP contribution in [0.25, 0.3) is 0 Å². The molecule has 2 amide bonds. The number of aryl methyl sites for hydroxylation is 2. The molecule has 0 radical (unpaired) electrons. The van der Waals surface area contributed by atoms with E-state index in [1.165, 1.54) is 0 Å². The third kappa shape index (κ3) is 5.71. The second-order valence-electron chi connectivity index (χ2n) is 8.22. The molecule has 0 saturated carbocycles. The highest BCUT2D eigenvalue weighted by Crippen LogP contribution is 2.20. The summed E-state index contributed by atoms with van der Waals surface area (Å²) < 4.78 is 0. The topological polar surface area (TPSA) is 55.9 Å². The number of nitrogens with zero attached hydrogens (tertiary/aromatic N) is 3. The molecule has 6 nitrogen and oxygen atoms in total. The van der Waals surface area contributed by atoms with Crippen molar-refractivity contribution in [3.05, 3.63) is 59.7 Å². The van der Waals surface area contributed by atoms with Crippen molar-refractivity contribution in [3.8, 4) is 0 Å². The Kier molecular flexibility index (Phi) is 7.82. The van der Waals surface area contributed by atoms with Gasteiger partial charge in [-0.1, -0.05) is 36.4 Å². The van der Waals surface area contributed by atoms with Crippen LogP contribution >= 0.6 is 0 Å². The summed E-state index contributed by atoms with van der Waals surface area (Å²) in [5.41, 5.74) is 3.99. The Hall–Kier alpha value is -2.70. The van der Waals surface area contributed by atoms with Crippen molar-refractivity contribution in [2.45, 2.75) is 33.7 Å². The highest BCUT2D eigenvalue weighted by atomic mass is 16.2. The van der Waals surface area contributed by atoms with Crippen LogP contribution in [0, 0.1) is 13.8 Å². The maximum atomic E-state index is 13.1. The zero-order valence-electron chi connectivity index (χ0n) is 19.1.